The van der Waals surface area contributed by atoms with Crippen molar-refractivity contribution in [3.05, 3.63) is 66.7 Å². The number of carbonyl (C=O) groups is 1. The fraction of sp³-hybridized carbons (Fsp3) is 0. The fourth-order valence-electron chi connectivity index (χ4n) is 2.55. The van der Waals surface area contributed by atoms with Crippen LogP contribution < -0.4 is 10.6 Å². The van der Waals surface area contributed by atoms with Crippen molar-refractivity contribution in [1.82, 2.24) is 9.97 Å². The van der Waals surface area contributed by atoms with Crippen molar-refractivity contribution in [3.63, 3.8) is 0 Å². The molecule has 4 rings (SSSR count). The van der Waals surface area contributed by atoms with Crippen molar-refractivity contribution in [2.45, 2.75) is 0 Å². The van der Waals surface area contributed by atoms with Gasteiger partial charge < -0.3 is 10.3 Å². The minimum Gasteiger partial charge on any atom is -0.324 e. The quantitative estimate of drug-likeness (QED) is 0.515. The second-order valence-corrected chi connectivity index (χ2v) is 5.24. The maximum Gasteiger partial charge on any atom is 0.326 e. The van der Waals surface area contributed by atoms with Gasteiger partial charge in [0.2, 0.25) is 5.95 Å². The molecule has 0 fully saturated rings. The summed E-state index contributed by atoms with van der Waals surface area (Å²) in [6.45, 7) is 0. The van der Waals surface area contributed by atoms with E-state index in [1.807, 2.05) is 66.7 Å². The molecule has 3 N–H and O–H groups in total. The van der Waals surface area contributed by atoms with E-state index in [1.165, 1.54) is 0 Å². The molecule has 5 heteroatoms. The van der Waals surface area contributed by atoms with E-state index in [9.17, 15) is 4.79 Å². The van der Waals surface area contributed by atoms with Crippen molar-refractivity contribution in [2.75, 3.05) is 10.6 Å². The SMILES string of the molecule is O=C(Nc1ccc2ccccc2c1)Nc1nc2ccccc2[nH]1. The van der Waals surface area contributed by atoms with Crippen LogP contribution in [0.25, 0.3) is 21.8 Å². The van der Waals surface area contributed by atoms with Gasteiger partial charge in [-0.3, -0.25) is 5.32 Å². The Labute approximate surface area is 132 Å². The number of fused-ring (bicyclic) bond motifs is 2. The summed E-state index contributed by atoms with van der Waals surface area (Å²) in [7, 11) is 0. The molecule has 0 spiro atoms. The van der Waals surface area contributed by atoms with Gasteiger partial charge in [0.25, 0.3) is 0 Å². The van der Waals surface area contributed by atoms with Gasteiger partial charge in [0.1, 0.15) is 0 Å². The molecule has 0 atom stereocenters. The number of benzene rings is 3. The molecule has 0 saturated carbocycles. The van der Waals surface area contributed by atoms with E-state index in [-0.39, 0.29) is 6.03 Å². The van der Waals surface area contributed by atoms with Gasteiger partial charge in [0.05, 0.1) is 11.0 Å². The molecule has 0 bridgehead atoms. The monoisotopic (exact) mass is 302 g/mol. The number of amides is 2. The van der Waals surface area contributed by atoms with Crippen LogP contribution in [-0.4, -0.2) is 16.0 Å². The number of hydrogen-bond donors (Lipinski definition) is 3. The number of para-hydroxylation sites is 2. The fourth-order valence-corrected chi connectivity index (χ4v) is 2.55. The zero-order valence-corrected chi connectivity index (χ0v) is 12.2. The van der Waals surface area contributed by atoms with E-state index in [0.717, 1.165) is 27.5 Å². The van der Waals surface area contributed by atoms with E-state index in [4.69, 9.17) is 0 Å². The van der Waals surface area contributed by atoms with Crippen LogP contribution in [0.2, 0.25) is 0 Å². The highest BCUT2D eigenvalue weighted by molar-refractivity contribution is 6.01. The number of urea groups is 1. The first-order valence-corrected chi connectivity index (χ1v) is 7.29. The van der Waals surface area contributed by atoms with E-state index < -0.39 is 0 Å². The maximum absolute atomic E-state index is 12.1. The molecule has 0 unspecified atom stereocenters. The van der Waals surface area contributed by atoms with Gasteiger partial charge in [-0.15, -0.1) is 0 Å². The summed E-state index contributed by atoms with van der Waals surface area (Å²) in [5.74, 6) is 0.421. The summed E-state index contributed by atoms with van der Waals surface area (Å²) in [4.78, 5) is 19.5. The van der Waals surface area contributed by atoms with Crippen LogP contribution in [0.4, 0.5) is 16.4 Å². The van der Waals surface area contributed by atoms with Gasteiger partial charge in [0, 0.05) is 5.69 Å². The third-order valence-corrected chi connectivity index (χ3v) is 3.63. The zero-order chi connectivity index (χ0) is 15.6. The van der Waals surface area contributed by atoms with Crippen LogP contribution in [-0.2, 0) is 0 Å². The molecule has 0 radical (unpaired) electrons. The van der Waals surface area contributed by atoms with Gasteiger partial charge in [0.15, 0.2) is 0 Å². The molecule has 0 aliphatic rings. The summed E-state index contributed by atoms with van der Waals surface area (Å²) < 4.78 is 0. The second-order valence-electron chi connectivity index (χ2n) is 5.24. The van der Waals surface area contributed by atoms with Gasteiger partial charge in [-0.2, -0.15) is 0 Å². The Kier molecular flexibility index (Phi) is 3.16. The lowest BCUT2D eigenvalue weighted by molar-refractivity contribution is 0.262. The Morgan fingerprint density at radius 2 is 1.65 bits per heavy atom. The number of rotatable bonds is 2. The Hall–Kier alpha value is -3.34. The number of aromatic nitrogens is 2. The number of nitrogens with one attached hydrogen (secondary N) is 3. The number of anilines is 2. The van der Waals surface area contributed by atoms with E-state index in [1.54, 1.807) is 0 Å². The maximum atomic E-state index is 12.1. The molecule has 4 aromatic rings. The molecule has 112 valence electrons. The lowest BCUT2D eigenvalue weighted by Crippen LogP contribution is -2.20. The highest BCUT2D eigenvalue weighted by Crippen LogP contribution is 2.19. The first-order chi connectivity index (χ1) is 11.3. The minimum absolute atomic E-state index is 0.334. The number of nitrogens with zero attached hydrogens (tertiary/aromatic N) is 1. The first kappa shape index (κ1) is 13.3. The third kappa shape index (κ3) is 2.72. The molecular formula is C18H14N4O. The van der Waals surface area contributed by atoms with Gasteiger partial charge in [-0.25, -0.2) is 9.78 Å². The standard InChI is InChI=1S/C18H14N4O/c23-18(22-17-20-15-7-3-4-8-16(15)21-17)19-14-10-9-12-5-1-2-6-13(12)11-14/h1-11H,(H3,19,20,21,22,23). The minimum atomic E-state index is -0.334. The van der Waals surface area contributed by atoms with E-state index in [0.29, 0.717) is 5.95 Å². The Morgan fingerprint density at radius 1 is 0.870 bits per heavy atom. The molecule has 1 aromatic heterocycles. The average Bonchev–Trinajstić information content (AvgIpc) is 2.96. The van der Waals surface area contributed by atoms with E-state index in [2.05, 4.69) is 20.6 Å². The molecule has 0 aliphatic heterocycles. The highest BCUT2D eigenvalue weighted by Gasteiger charge is 2.07. The number of carbonyl (C=O) groups excluding carboxylic acids is 1. The van der Waals surface area contributed by atoms with Crippen LogP contribution in [0.15, 0.2) is 66.7 Å². The summed E-state index contributed by atoms with van der Waals surface area (Å²) in [5, 5.41) is 7.74. The van der Waals surface area contributed by atoms with Crippen LogP contribution in [0.5, 0.6) is 0 Å². The predicted octanol–water partition coefficient (Wildman–Crippen LogP) is 4.36. The summed E-state index contributed by atoms with van der Waals surface area (Å²) in [6.07, 6.45) is 0. The molecule has 3 aromatic carbocycles. The summed E-state index contributed by atoms with van der Waals surface area (Å²) >= 11 is 0. The highest BCUT2D eigenvalue weighted by atomic mass is 16.2. The molecule has 0 aliphatic carbocycles. The van der Waals surface area contributed by atoms with Crippen LogP contribution in [0, 0.1) is 0 Å². The van der Waals surface area contributed by atoms with Gasteiger partial charge in [-0.05, 0) is 35.0 Å². The Bertz CT molecular complexity index is 973. The lowest BCUT2D eigenvalue weighted by atomic mass is 10.1. The van der Waals surface area contributed by atoms with Crippen molar-refractivity contribution in [1.29, 1.82) is 0 Å². The van der Waals surface area contributed by atoms with Gasteiger partial charge in [-0.1, -0.05) is 42.5 Å². The normalized spacial score (nSPS) is 10.8. The topological polar surface area (TPSA) is 69.8 Å². The number of H-pyrrole nitrogens is 1. The van der Waals surface area contributed by atoms with Crippen molar-refractivity contribution < 1.29 is 4.79 Å². The number of imidazole rings is 1. The summed E-state index contributed by atoms with van der Waals surface area (Å²) in [6, 6.07) is 21.1. The summed E-state index contributed by atoms with van der Waals surface area (Å²) in [5.41, 5.74) is 2.43. The van der Waals surface area contributed by atoms with Crippen molar-refractivity contribution in [2.24, 2.45) is 0 Å². The zero-order valence-electron chi connectivity index (χ0n) is 12.2. The number of aromatic amines is 1. The second kappa shape index (κ2) is 5.46. The number of hydrogen-bond acceptors (Lipinski definition) is 2. The molecule has 1 heterocycles. The predicted molar refractivity (Wildman–Crippen MR) is 92.7 cm³/mol. The Balaban J connectivity index is 1.52. The smallest absolute Gasteiger partial charge is 0.324 e. The molecule has 5 nitrogen and oxygen atoms in total. The third-order valence-electron chi connectivity index (χ3n) is 3.63. The molecular weight excluding hydrogens is 288 g/mol. The van der Waals surface area contributed by atoms with Crippen LogP contribution >= 0.6 is 0 Å². The lowest BCUT2D eigenvalue weighted by Gasteiger charge is -2.06. The van der Waals surface area contributed by atoms with E-state index >= 15 is 0 Å². The molecule has 23 heavy (non-hydrogen) atoms. The van der Waals surface area contributed by atoms with Crippen molar-refractivity contribution >= 4 is 39.5 Å². The molecule has 2 amide bonds. The average molecular weight is 302 g/mol. The first-order valence-electron chi connectivity index (χ1n) is 7.29. The van der Waals surface area contributed by atoms with Crippen LogP contribution in [0.1, 0.15) is 0 Å². The van der Waals surface area contributed by atoms with Crippen LogP contribution in [0.3, 0.4) is 0 Å². The Morgan fingerprint density at radius 3 is 2.52 bits per heavy atom. The van der Waals surface area contributed by atoms with Gasteiger partial charge >= 0.3 is 6.03 Å². The van der Waals surface area contributed by atoms with Crippen molar-refractivity contribution in [3.8, 4) is 0 Å². The molecule has 0 saturated heterocycles. The largest absolute Gasteiger partial charge is 0.326 e.